The van der Waals surface area contributed by atoms with Crippen molar-refractivity contribution in [2.45, 2.75) is 32.1 Å². The maximum atomic E-state index is 12.4. The Morgan fingerprint density at radius 1 is 1.20 bits per heavy atom. The summed E-state index contributed by atoms with van der Waals surface area (Å²) in [5.41, 5.74) is 1.14. The fourth-order valence-electron chi connectivity index (χ4n) is 3.25. The summed E-state index contributed by atoms with van der Waals surface area (Å²) in [6, 6.07) is 7.60. The van der Waals surface area contributed by atoms with Crippen LogP contribution in [0, 0.1) is 11.3 Å². The molecular formula is C18H17BrN4OS. The van der Waals surface area contributed by atoms with E-state index in [9.17, 15) is 4.79 Å². The first kappa shape index (κ1) is 16.7. The second-order valence-corrected chi connectivity index (χ2v) is 8.25. The first-order valence-corrected chi connectivity index (χ1v) is 9.98. The Balaban J connectivity index is 1.62. The molecule has 4 rings (SSSR count). The molecule has 1 amide bonds. The summed E-state index contributed by atoms with van der Waals surface area (Å²) in [6.45, 7) is 0. The summed E-state index contributed by atoms with van der Waals surface area (Å²) < 4.78 is 0.970. The van der Waals surface area contributed by atoms with E-state index in [0.717, 1.165) is 27.9 Å². The highest BCUT2D eigenvalue weighted by Crippen LogP contribution is 2.36. The highest BCUT2D eigenvalue weighted by molar-refractivity contribution is 9.10. The van der Waals surface area contributed by atoms with Crippen LogP contribution >= 0.6 is 27.7 Å². The second kappa shape index (κ2) is 6.88. The van der Waals surface area contributed by atoms with E-state index in [4.69, 9.17) is 5.41 Å². The lowest BCUT2D eigenvalue weighted by atomic mass is 9.90. The number of amides is 1. The van der Waals surface area contributed by atoms with Gasteiger partial charge in [-0.05, 0) is 48.4 Å². The minimum absolute atomic E-state index is 0.108. The molecule has 1 aliphatic carbocycles. The largest absolute Gasteiger partial charge is 0.283 e. The third-order valence-electron chi connectivity index (χ3n) is 4.61. The van der Waals surface area contributed by atoms with E-state index in [2.05, 4.69) is 26.0 Å². The fourth-order valence-corrected chi connectivity index (χ4v) is 4.57. The number of nitrogens with one attached hydrogen (secondary N) is 1. The van der Waals surface area contributed by atoms with Crippen molar-refractivity contribution in [1.82, 2.24) is 5.01 Å². The van der Waals surface area contributed by atoms with E-state index < -0.39 is 0 Å². The van der Waals surface area contributed by atoms with E-state index in [1.165, 1.54) is 36.0 Å². The SMILES string of the molecule is N=C1/C(=C/c2ccc(Br)cc2)C(=O)N=C2SC(C3CCCCC3)=NN12. The second-order valence-electron chi connectivity index (χ2n) is 6.34. The summed E-state index contributed by atoms with van der Waals surface area (Å²) in [4.78, 5) is 16.6. The van der Waals surface area contributed by atoms with Gasteiger partial charge in [-0.25, -0.2) is 0 Å². The molecule has 25 heavy (non-hydrogen) atoms. The number of hydrogen-bond donors (Lipinski definition) is 1. The number of aliphatic imine (C=N–C) groups is 1. The number of thioether (sulfide) groups is 1. The standard InChI is InChI=1S/C18H17BrN4OS/c19-13-8-6-11(7-9-13)10-14-15(20)23-18(21-16(14)24)25-17(22-23)12-4-2-1-3-5-12/h6-10,12,20H,1-5H2/b14-10-,20-15?. The van der Waals surface area contributed by atoms with Crippen molar-refractivity contribution in [2.24, 2.45) is 16.0 Å². The van der Waals surface area contributed by atoms with Crippen LogP contribution in [0.25, 0.3) is 6.08 Å². The van der Waals surface area contributed by atoms with Gasteiger partial charge in [-0.1, -0.05) is 47.3 Å². The Kier molecular flexibility index (Phi) is 4.60. The van der Waals surface area contributed by atoms with Crippen molar-refractivity contribution in [2.75, 3.05) is 0 Å². The highest BCUT2D eigenvalue weighted by Gasteiger charge is 2.37. The van der Waals surface area contributed by atoms with Gasteiger partial charge in [0.05, 0.1) is 5.57 Å². The summed E-state index contributed by atoms with van der Waals surface area (Å²) in [5, 5.41) is 16.1. The Morgan fingerprint density at radius 3 is 2.64 bits per heavy atom. The Hall–Kier alpha value is -1.73. The number of rotatable bonds is 2. The average Bonchev–Trinajstić information content (AvgIpc) is 3.05. The zero-order chi connectivity index (χ0) is 17.4. The molecule has 1 fully saturated rings. The Labute approximate surface area is 158 Å². The molecule has 1 aromatic rings. The van der Waals surface area contributed by atoms with Gasteiger partial charge < -0.3 is 0 Å². The molecule has 0 spiro atoms. The molecule has 3 aliphatic rings. The zero-order valence-corrected chi connectivity index (χ0v) is 15.9. The summed E-state index contributed by atoms with van der Waals surface area (Å²) in [7, 11) is 0. The Bertz CT molecular complexity index is 822. The molecule has 0 atom stereocenters. The predicted molar refractivity (Wildman–Crippen MR) is 106 cm³/mol. The van der Waals surface area contributed by atoms with Gasteiger partial charge in [0.25, 0.3) is 5.91 Å². The molecule has 5 nitrogen and oxygen atoms in total. The van der Waals surface area contributed by atoms with Gasteiger partial charge in [-0.3, -0.25) is 10.2 Å². The van der Waals surface area contributed by atoms with E-state index in [1.54, 1.807) is 6.08 Å². The van der Waals surface area contributed by atoms with Crippen LogP contribution in [0.4, 0.5) is 0 Å². The van der Waals surface area contributed by atoms with Gasteiger partial charge in [0.1, 0.15) is 5.04 Å². The third kappa shape index (κ3) is 3.35. The monoisotopic (exact) mass is 416 g/mol. The Morgan fingerprint density at radius 2 is 1.92 bits per heavy atom. The van der Waals surface area contributed by atoms with E-state index in [-0.39, 0.29) is 17.3 Å². The van der Waals surface area contributed by atoms with Gasteiger partial charge >= 0.3 is 0 Å². The van der Waals surface area contributed by atoms with Gasteiger partial charge in [-0.15, -0.1) is 0 Å². The van der Waals surface area contributed by atoms with Crippen LogP contribution in [0.1, 0.15) is 37.7 Å². The molecule has 128 valence electrons. The molecule has 1 N–H and O–H groups in total. The molecule has 1 saturated carbocycles. The number of benzene rings is 1. The minimum Gasteiger partial charge on any atom is -0.282 e. The molecule has 1 aromatic carbocycles. The van der Waals surface area contributed by atoms with Gasteiger partial charge in [0.2, 0.25) is 5.17 Å². The topological polar surface area (TPSA) is 68.9 Å². The lowest BCUT2D eigenvalue weighted by molar-refractivity contribution is -0.114. The van der Waals surface area contributed by atoms with Crippen molar-refractivity contribution in [3.8, 4) is 0 Å². The molecule has 0 radical (unpaired) electrons. The number of nitrogens with zero attached hydrogens (tertiary/aromatic N) is 3. The van der Waals surface area contributed by atoms with Gasteiger partial charge in [0.15, 0.2) is 5.84 Å². The van der Waals surface area contributed by atoms with Crippen LogP contribution in [-0.2, 0) is 4.79 Å². The van der Waals surface area contributed by atoms with Crippen molar-refractivity contribution in [3.05, 3.63) is 39.9 Å². The smallest absolute Gasteiger partial charge is 0.282 e. The molecule has 2 aliphatic heterocycles. The minimum atomic E-state index is -0.369. The molecule has 0 aromatic heterocycles. The third-order valence-corrected chi connectivity index (χ3v) is 6.21. The number of hydrazone groups is 1. The van der Waals surface area contributed by atoms with E-state index in [1.807, 2.05) is 24.3 Å². The molecule has 0 saturated heterocycles. The lowest BCUT2D eigenvalue weighted by Crippen LogP contribution is -2.35. The molecule has 7 heteroatoms. The molecule has 0 unspecified atom stereocenters. The van der Waals surface area contributed by atoms with Crippen LogP contribution in [0.5, 0.6) is 0 Å². The van der Waals surface area contributed by atoms with Crippen molar-refractivity contribution in [3.63, 3.8) is 0 Å². The summed E-state index contributed by atoms with van der Waals surface area (Å²) >= 11 is 4.84. The lowest BCUT2D eigenvalue weighted by Gasteiger charge is -2.20. The van der Waals surface area contributed by atoms with Crippen molar-refractivity contribution < 1.29 is 4.79 Å². The van der Waals surface area contributed by atoms with Crippen LogP contribution in [0.3, 0.4) is 0 Å². The van der Waals surface area contributed by atoms with Gasteiger partial charge in [0, 0.05) is 10.4 Å². The van der Waals surface area contributed by atoms with Crippen LogP contribution in [0.2, 0.25) is 0 Å². The summed E-state index contributed by atoms with van der Waals surface area (Å²) in [5.74, 6) is 0.178. The maximum Gasteiger partial charge on any atom is 0.283 e. The number of halogens is 1. The number of hydrogen-bond acceptors (Lipinski definition) is 4. The first-order chi connectivity index (χ1) is 12.1. The van der Waals surface area contributed by atoms with Crippen LogP contribution in [0.15, 0.2) is 44.4 Å². The van der Waals surface area contributed by atoms with Crippen molar-refractivity contribution >= 4 is 55.7 Å². The normalized spacial score (nSPS) is 22.9. The van der Waals surface area contributed by atoms with Gasteiger partial charge in [-0.2, -0.15) is 15.1 Å². The van der Waals surface area contributed by atoms with Crippen molar-refractivity contribution in [1.29, 1.82) is 5.41 Å². The first-order valence-electron chi connectivity index (χ1n) is 8.37. The predicted octanol–water partition coefficient (Wildman–Crippen LogP) is 4.65. The molecular weight excluding hydrogens is 400 g/mol. The highest BCUT2D eigenvalue weighted by atomic mass is 79.9. The molecule has 2 heterocycles. The maximum absolute atomic E-state index is 12.4. The fraction of sp³-hybridized carbons (Fsp3) is 0.333. The quantitative estimate of drug-likeness (QED) is 0.713. The van der Waals surface area contributed by atoms with Crippen LogP contribution in [-0.4, -0.2) is 27.0 Å². The number of carbonyl (C=O) groups excluding carboxylic acids is 1. The zero-order valence-electron chi connectivity index (χ0n) is 13.5. The average molecular weight is 417 g/mol. The van der Waals surface area contributed by atoms with E-state index in [0.29, 0.717) is 11.1 Å². The number of carbonyl (C=O) groups is 1. The number of fused-ring (bicyclic) bond motifs is 1. The molecule has 0 bridgehead atoms. The number of amidine groups is 2. The van der Waals surface area contributed by atoms with Crippen LogP contribution < -0.4 is 0 Å². The summed E-state index contributed by atoms with van der Waals surface area (Å²) in [6.07, 6.45) is 7.71. The van der Waals surface area contributed by atoms with E-state index >= 15 is 0 Å².